The second-order valence-electron chi connectivity index (χ2n) is 2.55. The van der Waals surface area contributed by atoms with Crippen LogP contribution in [-0.2, 0) is 0 Å². The number of rotatable bonds is 1. The van der Waals surface area contributed by atoms with Crippen LogP contribution in [0.5, 0.6) is 0 Å². The van der Waals surface area contributed by atoms with Crippen LogP contribution in [0.2, 0.25) is 0 Å². The van der Waals surface area contributed by atoms with Crippen molar-refractivity contribution in [3.8, 4) is 0 Å². The van der Waals surface area contributed by atoms with Crippen molar-refractivity contribution in [3.05, 3.63) is 35.8 Å². The van der Waals surface area contributed by atoms with E-state index >= 15 is 0 Å². The molecule has 2 aromatic rings. The molecular weight excluding hydrogens is 175 g/mol. The molecule has 0 aliphatic heterocycles. The Morgan fingerprint density at radius 3 is 2.69 bits per heavy atom. The first-order valence-corrected chi connectivity index (χ1v) is 3.60. The fourth-order valence-corrected chi connectivity index (χ4v) is 1.15. The molecule has 0 unspecified atom stereocenters. The monoisotopic (exact) mass is 180 g/mol. The molecule has 3 nitrogen and oxygen atoms in total. The lowest BCUT2D eigenvalue weighted by molar-refractivity contribution is 0.0658. The summed E-state index contributed by atoms with van der Waals surface area (Å²) >= 11 is 0. The van der Waals surface area contributed by atoms with Crippen molar-refractivity contribution >= 4 is 16.9 Å². The van der Waals surface area contributed by atoms with Gasteiger partial charge in [-0.1, -0.05) is 12.1 Å². The maximum Gasteiger partial charge on any atom is 0.374 e. The van der Waals surface area contributed by atoms with Crippen molar-refractivity contribution in [1.82, 2.24) is 0 Å². The highest BCUT2D eigenvalue weighted by atomic mass is 19.1. The summed E-state index contributed by atoms with van der Waals surface area (Å²) in [6.45, 7) is 0. The van der Waals surface area contributed by atoms with Crippen molar-refractivity contribution < 1.29 is 18.7 Å². The minimum Gasteiger partial charge on any atom is -0.475 e. The lowest BCUT2D eigenvalue weighted by Crippen LogP contribution is -1.95. The number of carboxylic acid groups (broad SMARTS) is 1. The van der Waals surface area contributed by atoms with Crippen LogP contribution in [-0.4, -0.2) is 11.1 Å². The van der Waals surface area contributed by atoms with Gasteiger partial charge in [-0.2, -0.15) is 0 Å². The van der Waals surface area contributed by atoms with Gasteiger partial charge in [0.2, 0.25) is 5.76 Å². The zero-order valence-electron chi connectivity index (χ0n) is 6.45. The van der Waals surface area contributed by atoms with E-state index < -0.39 is 17.5 Å². The summed E-state index contributed by atoms with van der Waals surface area (Å²) in [5.74, 6) is -2.85. The second-order valence-corrected chi connectivity index (χ2v) is 2.55. The molecule has 1 N–H and O–H groups in total. The van der Waals surface area contributed by atoms with Crippen LogP contribution in [0.1, 0.15) is 10.6 Å². The highest BCUT2D eigenvalue weighted by Crippen LogP contribution is 2.23. The molecule has 1 heterocycles. The number of carboxylic acids is 1. The molecule has 0 aliphatic rings. The number of hydrogen-bond donors (Lipinski definition) is 1. The molecule has 66 valence electrons. The number of hydrogen-bond acceptors (Lipinski definition) is 2. The first kappa shape index (κ1) is 7.79. The average molecular weight is 180 g/mol. The van der Waals surface area contributed by atoms with Gasteiger partial charge in [-0.3, -0.25) is 0 Å². The molecule has 0 spiro atoms. The van der Waals surface area contributed by atoms with Gasteiger partial charge >= 0.3 is 5.97 Å². The molecule has 1 aromatic heterocycles. The highest BCUT2D eigenvalue weighted by molar-refractivity contribution is 5.92. The predicted molar refractivity (Wildman–Crippen MR) is 43.1 cm³/mol. The maximum atomic E-state index is 13.2. The van der Waals surface area contributed by atoms with Gasteiger partial charge in [0.25, 0.3) is 0 Å². The maximum absolute atomic E-state index is 13.2. The summed E-state index contributed by atoms with van der Waals surface area (Å²) in [5.41, 5.74) is 0.248. The Morgan fingerprint density at radius 1 is 1.38 bits per heavy atom. The molecule has 1 aromatic carbocycles. The normalized spacial score (nSPS) is 10.5. The first-order valence-electron chi connectivity index (χ1n) is 3.60. The number of fused-ring (bicyclic) bond motifs is 1. The molecule has 0 fully saturated rings. The second kappa shape index (κ2) is 2.58. The standard InChI is InChI=1S/C9H5FO3/c10-7-5-3-1-2-4-6(5)13-8(7)9(11)12/h1-4H,(H,11,12). The number of halogens is 1. The third-order valence-electron chi connectivity index (χ3n) is 1.73. The zero-order valence-corrected chi connectivity index (χ0v) is 6.45. The van der Waals surface area contributed by atoms with Gasteiger partial charge in [-0.05, 0) is 12.1 Å². The third-order valence-corrected chi connectivity index (χ3v) is 1.73. The topological polar surface area (TPSA) is 50.4 Å². The van der Waals surface area contributed by atoms with E-state index in [0.717, 1.165) is 0 Å². The molecular formula is C9H5FO3. The largest absolute Gasteiger partial charge is 0.475 e. The van der Waals surface area contributed by atoms with Gasteiger partial charge in [0.1, 0.15) is 5.58 Å². The summed E-state index contributed by atoms with van der Waals surface area (Å²) < 4.78 is 18.0. The lowest BCUT2D eigenvalue weighted by Gasteiger charge is -1.83. The van der Waals surface area contributed by atoms with Crippen molar-refractivity contribution in [3.63, 3.8) is 0 Å². The van der Waals surface area contributed by atoms with E-state index in [2.05, 4.69) is 0 Å². The molecule has 0 saturated heterocycles. The van der Waals surface area contributed by atoms with Gasteiger partial charge in [0.15, 0.2) is 5.82 Å². The van der Waals surface area contributed by atoms with Crippen LogP contribution in [0, 0.1) is 5.82 Å². The van der Waals surface area contributed by atoms with E-state index in [1.165, 1.54) is 12.1 Å². The van der Waals surface area contributed by atoms with Crippen LogP contribution >= 0.6 is 0 Å². The Bertz CT molecular complexity index is 473. The number of carbonyl (C=O) groups is 1. The van der Waals surface area contributed by atoms with E-state index in [1.54, 1.807) is 12.1 Å². The Labute approximate surface area is 72.4 Å². The molecule has 13 heavy (non-hydrogen) atoms. The van der Waals surface area contributed by atoms with E-state index in [9.17, 15) is 9.18 Å². The summed E-state index contributed by atoms with van der Waals surface area (Å²) in [6, 6.07) is 6.26. The fraction of sp³-hybridized carbons (Fsp3) is 0. The summed E-state index contributed by atoms with van der Waals surface area (Å²) in [5, 5.41) is 8.73. The van der Waals surface area contributed by atoms with Gasteiger partial charge in [0.05, 0.1) is 5.39 Å². The number of para-hydroxylation sites is 1. The molecule has 0 bridgehead atoms. The van der Waals surface area contributed by atoms with Crippen molar-refractivity contribution in [2.24, 2.45) is 0 Å². The third kappa shape index (κ3) is 1.07. The Kier molecular flexibility index (Phi) is 1.55. The van der Waals surface area contributed by atoms with Gasteiger partial charge in [-0.25, -0.2) is 9.18 Å². The molecule has 4 heteroatoms. The smallest absolute Gasteiger partial charge is 0.374 e. The number of benzene rings is 1. The summed E-state index contributed by atoms with van der Waals surface area (Å²) in [7, 11) is 0. The molecule has 2 rings (SSSR count). The number of furan rings is 1. The van der Waals surface area contributed by atoms with Gasteiger partial charge in [-0.15, -0.1) is 0 Å². The summed E-state index contributed by atoms with van der Waals surface area (Å²) in [4.78, 5) is 10.5. The lowest BCUT2D eigenvalue weighted by atomic mass is 10.2. The van der Waals surface area contributed by atoms with Crippen LogP contribution in [0.25, 0.3) is 11.0 Å². The van der Waals surface area contributed by atoms with Gasteiger partial charge in [0, 0.05) is 0 Å². The fourth-order valence-electron chi connectivity index (χ4n) is 1.15. The molecule has 0 aliphatic carbocycles. The van der Waals surface area contributed by atoms with Crippen molar-refractivity contribution in [2.75, 3.05) is 0 Å². The predicted octanol–water partition coefficient (Wildman–Crippen LogP) is 2.27. The Morgan fingerprint density at radius 2 is 2.08 bits per heavy atom. The van der Waals surface area contributed by atoms with E-state index in [1.807, 2.05) is 0 Å². The highest BCUT2D eigenvalue weighted by Gasteiger charge is 2.18. The van der Waals surface area contributed by atoms with Crippen molar-refractivity contribution in [1.29, 1.82) is 0 Å². The van der Waals surface area contributed by atoms with E-state index in [4.69, 9.17) is 9.52 Å². The molecule has 0 atom stereocenters. The van der Waals surface area contributed by atoms with Crippen LogP contribution < -0.4 is 0 Å². The van der Waals surface area contributed by atoms with Crippen LogP contribution in [0.3, 0.4) is 0 Å². The van der Waals surface area contributed by atoms with E-state index in [-0.39, 0.29) is 11.0 Å². The van der Waals surface area contributed by atoms with E-state index in [0.29, 0.717) is 0 Å². The Hall–Kier alpha value is -1.84. The molecule has 0 radical (unpaired) electrons. The Balaban J connectivity index is 2.81. The zero-order chi connectivity index (χ0) is 9.42. The minimum atomic E-state index is -1.39. The SMILES string of the molecule is O=C(O)c1oc2ccccc2c1F. The number of aromatic carboxylic acids is 1. The minimum absolute atomic E-state index is 0.194. The molecule has 0 saturated carbocycles. The van der Waals surface area contributed by atoms with Crippen LogP contribution in [0.15, 0.2) is 28.7 Å². The van der Waals surface area contributed by atoms with Gasteiger partial charge < -0.3 is 9.52 Å². The molecule has 0 amide bonds. The summed E-state index contributed by atoms with van der Waals surface area (Å²) in [6.07, 6.45) is 0. The quantitative estimate of drug-likeness (QED) is 0.732. The first-order chi connectivity index (χ1) is 6.20. The average Bonchev–Trinajstić information content (AvgIpc) is 2.45. The van der Waals surface area contributed by atoms with Crippen LogP contribution in [0.4, 0.5) is 4.39 Å². The van der Waals surface area contributed by atoms with Crippen molar-refractivity contribution in [2.45, 2.75) is 0 Å².